The van der Waals surface area contributed by atoms with Crippen molar-refractivity contribution in [2.24, 2.45) is 0 Å². The molecule has 2 aromatic carbocycles. The lowest BCUT2D eigenvalue weighted by atomic mass is 10.0. The monoisotopic (exact) mass is 305 g/mol. The van der Waals surface area contributed by atoms with E-state index < -0.39 is 5.97 Å². The first-order valence-electron chi connectivity index (χ1n) is 7.40. The number of carboxylic acids is 1. The molecule has 1 heterocycles. The van der Waals surface area contributed by atoms with Gasteiger partial charge < -0.3 is 10.0 Å². The minimum atomic E-state index is -0.863. The number of para-hydroxylation sites is 1. The average molecular weight is 305 g/mol. The summed E-state index contributed by atoms with van der Waals surface area (Å²) in [6.07, 6.45) is 0.421. The Morgan fingerprint density at radius 3 is 2.43 bits per heavy atom. The van der Waals surface area contributed by atoms with E-state index in [1.807, 2.05) is 36.4 Å². The van der Waals surface area contributed by atoms with E-state index >= 15 is 0 Å². The maximum absolute atomic E-state index is 12.9. The molecule has 0 saturated heterocycles. The molecule has 1 aliphatic heterocycles. The Labute approximate surface area is 134 Å². The molecule has 0 spiro atoms. The molecule has 4 heteroatoms. The molecule has 3 rings (SSSR count). The number of aliphatic carboxylic acids is 1. The summed E-state index contributed by atoms with van der Waals surface area (Å²) >= 11 is 0. The largest absolute Gasteiger partial charge is 0.481 e. The van der Waals surface area contributed by atoms with E-state index in [4.69, 9.17) is 5.11 Å². The van der Waals surface area contributed by atoms with Crippen molar-refractivity contribution < 1.29 is 14.7 Å². The van der Waals surface area contributed by atoms with Crippen LogP contribution in [0.15, 0.2) is 48.5 Å². The van der Waals surface area contributed by atoms with Crippen LogP contribution in [0.4, 0.5) is 5.69 Å². The normalized spacial score (nSPS) is 12.3. The number of amides is 1. The van der Waals surface area contributed by atoms with Crippen LogP contribution in [0.3, 0.4) is 0 Å². The highest BCUT2D eigenvalue weighted by atomic mass is 16.4. The molecule has 0 atom stereocenters. The SMILES string of the molecule is O=C(O)CCCN1C(=O)c2ccccc2C#Cc2ccccc21. The summed E-state index contributed by atoms with van der Waals surface area (Å²) in [6.45, 7) is 0.345. The van der Waals surface area contributed by atoms with Crippen LogP contribution in [0.2, 0.25) is 0 Å². The highest BCUT2D eigenvalue weighted by Gasteiger charge is 2.23. The van der Waals surface area contributed by atoms with Crippen LogP contribution >= 0.6 is 0 Å². The molecule has 1 aliphatic rings. The van der Waals surface area contributed by atoms with Gasteiger partial charge in [-0.2, -0.15) is 0 Å². The Balaban J connectivity index is 2.06. The molecular weight excluding hydrogens is 290 g/mol. The number of benzene rings is 2. The van der Waals surface area contributed by atoms with E-state index in [9.17, 15) is 9.59 Å². The second-order valence-electron chi connectivity index (χ2n) is 5.27. The van der Waals surface area contributed by atoms with E-state index in [-0.39, 0.29) is 12.3 Å². The summed E-state index contributed by atoms with van der Waals surface area (Å²) in [7, 11) is 0. The molecule has 23 heavy (non-hydrogen) atoms. The second-order valence-corrected chi connectivity index (χ2v) is 5.27. The zero-order valence-corrected chi connectivity index (χ0v) is 12.5. The van der Waals surface area contributed by atoms with Crippen molar-refractivity contribution in [1.82, 2.24) is 0 Å². The first kappa shape index (κ1) is 14.9. The number of carboxylic acid groups (broad SMARTS) is 1. The molecular formula is C19H15NO3. The number of rotatable bonds is 4. The molecule has 0 fully saturated rings. The molecule has 2 aromatic rings. The van der Waals surface area contributed by atoms with E-state index in [0.717, 1.165) is 11.3 Å². The Hall–Kier alpha value is -3.06. The van der Waals surface area contributed by atoms with E-state index in [2.05, 4.69) is 11.8 Å². The lowest BCUT2D eigenvalue weighted by molar-refractivity contribution is -0.137. The summed E-state index contributed by atoms with van der Waals surface area (Å²) in [5.74, 6) is 5.16. The van der Waals surface area contributed by atoms with Gasteiger partial charge in [-0.05, 0) is 30.7 Å². The Morgan fingerprint density at radius 2 is 1.65 bits per heavy atom. The van der Waals surface area contributed by atoms with Crippen LogP contribution in [0.25, 0.3) is 0 Å². The number of hydrogen-bond acceptors (Lipinski definition) is 2. The first-order valence-corrected chi connectivity index (χ1v) is 7.40. The third-order valence-corrected chi connectivity index (χ3v) is 3.70. The fourth-order valence-electron chi connectivity index (χ4n) is 2.59. The lowest BCUT2D eigenvalue weighted by Gasteiger charge is -2.25. The van der Waals surface area contributed by atoms with Crippen LogP contribution in [-0.4, -0.2) is 23.5 Å². The van der Waals surface area contributed by atoms with Crippen LogP contribution in [-0.2, 0) is 4.79 Å². The lowest BCUT2D eigenvalue weighted by Crippen LogP contribution is -2.33. The molecule has 114 valence electrons. The fourth-order valence-corrected chi connectivity index (χ4v) is 2.59. The average Bonchev–Trinajstić information content (AvgIpc) is 2.56. The number of anilines is 1. The van der Waals surface area contributed by atoms with Crippen LogP contribution in [0.1, 0.15) is 34.3 Å². The van der Waals surface area contributed by atoms with E-state index in [0.29, 0.717) is 24.1 Å². The molecule has 0 unspecified atom stereocenters. The molecule has 0 radical (unpaired) electrons. The van der Waals surface area contributed by atoms with Gasteiger partial charge in [-0.25, -0.2) is 0 Å². The molecule has 0 aromatic heterocycles. The summed E-state index contributed by atoms with van der Waals surface area (Å²) < 4.78 is 0. The Morgan fingerprint density at radius 1 is 1.00 bits per heavy atom. The van der Waals surface area contributed by atoms with E-state index in [1.165, 1.54) is 0 Å². The maximum Gasteiger partial charge on any atom is 0.303 e. The van der Waals surface area contributed by atoms with Gasteiger partial charge >= 0.3 is 5.97 Å². The predicted molar refractivity (Wildman–Crippen MR) is 87.4 cm³/mol. The van der Waals surface area contributed by atoms with Gasteiger partial charge in [0.1, 0.15) is 0 Å². The van der Waals surface area contributed by atoms with Gasteiger partial charge in [-0.3, -0.25) is 9.59 Å². The minimum absolute atomic E-state index is 0.0271. The quantitative estimate of drug-likeness (QED) is 0.884. The molecule has 1 amide bonds. The predicted octanol–water partition coefficient (Wildman–Crippen LogP) is 2.91. The molecule has 0 bridgehead atoms. The number of nitrogens with zero attached hydrogens (tertiary/aromatic N) is 1. The van der Waals surface area contributed by atoms with Crippen molar-refractivity contribution in [3.63, 3.8) is 0 Å². The maximum atomic E-state index is 12.9. The molecule has 0 saturated carbocycles. The number of fused-ring (bicyclic) bond motifs is 2. The second kappa shape index (κ2) is 6.37. The number of hydrogen-bond donors (Lipinski definition) is 1. The van der Waals surface area contributed by atoms with Gasteiger partial charge in [0.15, 0.2) is 0 Å². The van der Waals surface area contributed by atoms with Crippen LogP contribution in [0, 0.1) is 11.8 Å². The number of carbonyl (C=O) groups excluding carboxylic acids is 1. The topological polar surface area (TPSA) is 57.6 Å². The van der Waals surface area contributed by atoms with Crippen LogP contribution < -0.4 is 4.90 Å². The summed E-state index contributed by atoms with van der Waals surface area (Å²) in [4.78, 5) is 25.3. The summed E-state index contributed by atoms with van der Waals surface area (Å²) in [5.41, 5.74) is 2.73. The standard InChI is InChI=1S/C19H15NO3/c21-18(22)10-5-13-20-17-9-4-2-7-15(17)12-11-14-6-1-3-8-16(14)19(20)23/h1-4,6-9H,5,10,13H2,(H,21,22). The van der Waals surface area contributed by atoms with Crippen molar-refractivity contribution in [3.05, 3.63) is 65.2 Å². The van der Waals surface area contributed by atoms with Crippen molar-refractivity contribution in [2.45, 2.75) is 12.8 Å². The molecule has 4 nitrogen and oxygen atoms in total. The van der Waals surface area contributed by atoms with Crippen molar-refractivity contribution in [1.29, 1.82) is 0 Å². The van der Waals surface area contributed by atoms with Gasteiger partial charge in [0.05, 0.1) is 11.3 Å². The zero-order valence-electron chi connectivity index (χ0n) is 12.5. The Bertz CT molecular complexity index is 830. The van der Waals surface area contributed by atoms with Crippen molar-refractivity contribution >= 4 is 17.6 Å². The number of carbonyl (C=O) groups is 2. The molecule has 0 aliphatic carbocycles. The highest BCUT2D eigenvalue weighted by molar-refractivity contribution is 6.08. The van der Waals surface area contributed by atoms with Gasteiger partial charge in [-0.15, -0.1) is 0 Å². The fraction of sp³-hybridized carbons (Fsp3) is 0.158. The van der Waals surface area contributed by atoms with Gasteiger partial charge in [0.2, 0.25) is 0 Å². The van der Waals surface area contributed by atoms with Gasteiger partial charge in [0.25, 0.3) is 5.91 Å². The third kappa shape index (κ3) is 3.09. The smallest absolute Gasteiger partial charge is 0.303 e. The van der Waals surface area contributed by atoms with Gasteiger partial charge in [-0.1, -0.05) is 36.1 Å². The summed E-state index contributed by atoms with van der Waals surface area (Å²) in [6, 6.07) is 14.7. The van der Waals surface area contributed by atoms with Crippen LogP contribution in [0.5, 0.6) is 0 Å². The first-order chi connectivity index (χ1) is 11.2. The van der Waals surface area contributed by atoms with Gasteiger partial charge in [0, 0.05) is 24.1 Å². The zero-order chi connectivity index (χ0) is 16.2. The highest BCUT2D eigenvalue weighted by Crippen LogP contribution is 2.25. The van der Waals surface area contributed by atoms with Crippen molar-refractivity contribution in [2.75, 3.05) is 11.4 Å². The van der Waals surface area contributed by atoms with Crippen molar-refractivity contribution in [3.8, 4) is 11.8 Å². The minimum Gasteiger partial charge on any atom is -0.481 e. The third-order valence-electron chi connectivity index (χ3n) is 3.70. The molecule has 1 N–H and O–H groups in total. The Kier molecular flexibility index (Phi) is 4.11. The summed E-state index contributed by atoms with van der Waals surface area (Å²) in [5, 5.41) is 8.84. The van der Waals surface area contributed by atoms with E-state index in [1.54, 1.807) is 17.0 Å².